The number of aromatic hydroxyl groups is 1. The summed E-state index contributed by atoms with van der Waals surface area (Å²) in [7, 11) is 1.74. The minimum Gasteiger partial charge on any atom is -0.508 e. The Kier molecular flexibility index (Phi) is 10.1. The standard InChI is InChI=1S/C36H48N2O3/c1-26(2)38(25-28-9-15-33(16-10-28)41-20-19-37-24-27-7-5-4-6-8-27)36-23-34(40-3)17-18-35(36)31-12-11-30-22-32(39)14-13-29(30)21-31/h9-10,13-18,22-23,26-27,31,37,39H,4-8,11-12,19-21,24-25H2,1-3H3. The number of hydrogen-bond acceptors (Lipinski definition) is 5. The fourth-order valence-corrected chi connectivity index (χ4v) is 6.62. The van der Waals surface area contributed by atoms with Crippen molar-refractivity contribution in [1.82, 2.24) is 5.32 Å². The van der Waals surface area contributed by atoms with Gasteiger partial charge in [-0.3, -0.25) is 0 Å². The van der Waals surface area contributed by atoms with Crippen LogP contribution in [-0.4, -0.2) is 38.0 Å². The van der Waals surface area contributed by atoms with Crippen molar-refractivity contribution in [3.05, 3.63) is 82.9 Å². The van der Waals surface area contributed by atoms with E-state index in [-0.39, 0.29) is 0 Å². The zero-order chi connectivity index (χ0) is 28.6. The maximum atomic E-state index is 9.94. The Hall–Kier alpha value is -3.18. The van der Waals surface area contributed by atoms with Crippen molar-refractivity contribution >= 4 is 5.69 Å². The van der Waals surface area contributed by atoms with Gasteiger partial charge in [0.1, 0.15) is 23.9 Å². The molecule has 1 saturated carbocycles. The summed E-state index contributed by atoms with van der Waals surface area (Å²) in [6, 6.07) is 21.3. The van der Waals surface area contributed by atoms with E-state index in [1.54, 1.807) is 7.11 Å². The van der Waals surface area contributed by atoms with Crippen LogP contribution in [0.15, 0.2) is 60.7 Å². The minimum atomic E-state index is 0.319. The Morgan fingerprint density at radius 1 is 0.902 bits per heavy atom. The van der Waals surface area contributed by atoms with E-state index in [1.165, 1.54) is 60.0 Å². The Bertz CT molecular complexity index is 1250. The lowest BCUT2D eigenvalue weighted by Gasteiger charge is -2.35. The molecule has 0 radical (unpaired) electrons. The first-order valence-electron chi connectivity index (χ1n) is 15.7. The quantitative estimate of drug-likeness (QED) is 0.225. The second-order valence-electron chi connectivity index (χ2n) is 12.2. The van der Waals surface area contributed by atoms with Gasteiger partial charge in [-0.2, -0.15) is 0 Å². The van der Waals surface area contributed by atoms with Crippen LogP contribution >= 0.6 is 0 Å². The summed E-state index contributed by atoms with van der Waals surface area (Å²) in [6.07, 6.45) is 9.99. The smallest absolute Gasteiger partial charge is 0.120 e. The first-order valence-corrected chi connectivity index (χ1v) is 15.7. The molecule has 0 amide bonds. The molecule has 3 aromatic carbocycles. The molecule has 3 aromatic rings. The number of benzene rings is 3. The summed E-state index contributed by atoms with van der Waals surface area (Å²) in [6.45, 7) is 8.06. The van der Waals surface area contributed by atoms with Gasteiger partial charge in [0.05, 0.1) is 7.11 Å². The lowest BCUT2D eigenvalue weighted by molar-refractivity contribution is 0.294. The van der Waals surface area contributed by atoms with Crippen molar-refractivity contribution in [2.45, 2.75) is 83.7 Å². The number of fused-ring (bicyclic) bond motifs is 1. The Morgan fingerprint density at radius 3 is 2.44 bits per heavy atom. The van der Waals surface area contributed by atoms with Crippen molar-refractivity contribution in [1.29, 1.82) is 0 Å². The molecule has 1 atom stereocenters. The van der Waals surface area contributed by atoms with E-state index in [2.05, 4.69) is 72.6 Å². The highest BCUT2D eigenvalue weighted by Crippen LogP contribution is 2.40. The van der Waals surface area contributed by atoms with E-state index in [9.17, 15) is 5.11 Å². The van der Waals surface area contributed by atoms with Crippen LogP contribution < -0.4 is 19.7 Å². The van der Waals surface area contributed by atoms with Crippen molar-refractivity contribution in [3.8, 4) is 17.2 Å². The predicted molar refractivity (Wildman–Crippen MR) is 169 cm³/mol. The van der Waals surface area contributed by atoms with Gasteiger partial charge in [0.25, 0.3) is 0 Å². The van der Waals surface area contributed by atoms with Crippen LogP contribution in [-0.2, 0) is 19.4 Å². The van der Waals surface area contributed by atoms with Crippen LogP contribution in [0.2, 0.25) is 0 Å². The fraction of sp³-hybridized carbons (Fsp3) is 0.500. The molecule has 41 heavy (non-hydrogen) atoms. The number of aryl methyl sites for hydroxylation is 1. The minimum absolute atomic E-state index is 0.319. The van der Waals surface area contributed by atoms with Gasteiger partial charge in [-0.25, -0.2) is 0 Å². The summed E-state index contributed by atoms with van der Waals surface area (Å²) < 4.78 is 11.7. The predicted octanol–water partition coefficient (Wildman–Crippen LogP) is 7.64. The van der Waals surface area contributed by atoms with Gasteiger partial charge >= 0.3 is 0 Å². The van der Waals surface area contributed by atoms with E-state index in [4.69, 9.17) is 9.47 Å². The van der Waals surface area contributed by atoms with Gasteiger partial charge in [0.2, 0.25) is 0 Å². The highest BCUT2D eigenvalue weighted by Gasteiger charge is 2.26. The Morgan fingerprint density at radius 2 is 1.68 bits per heavy atom. The zero-order valence-corrected chi connectivity index (χ0v) is 25.2. The number of phenolic OH excluding ortho intramolecular Hbond substituents is 1. The van der Waals surface area contributed by atoms with Gasteiger partial charge in [0, 0.05) is 30.9 Å². The highest BCUT2D eigenvalue weighted by molar-refractivity contribution is 5.60. The number of phenols is 1. The first-order chi connectivity index (χ1) is 20.0. The first kappa shape index (κ1) is 29.3. The fourth-order valence-electron chi connectivity index (χ4n) is 6.62. The molecule has 2 aliphatic rings. The molecule has 1 fully saturated rings. The molecule has 0 heterocycles. The van der Waals surface area contributed by atoms with Crippen LogP contribution in [0, 0.1) is 5.92 Å². The van der Waals surface area contributed by atoms with Gasteiger partial charge < -0.3 is 24.8 Å². The molecule has 0 aliphatic heterocycles. The zero-order valence-electron chi connectivity index (χ0n) is 25.2. The number of anilines is 1. The second kappa shape index (κ2) is 14.1. The normalized spacial score (nSPS) is 17.3. The van der Waals surface area contributed by atoms with Crippen molar-refractivity contribution < 1.29 is 14.6 Å². The summed E-state index contributed by atoms with van der Waals surface area (Å²) in [5, 5.41) is 13.5. The monoisotopic (exact) mass is 556 g/mol. The van der Waals surface area contributed by atoms with Crippen molar-refractivity contribution in [2.75, 3.05) is 31.7 Å². The van der Waals surface area contributed by atoms with E-state index >= 15 is 0 Å². The van der Waals surface area contributed by atoms with Crippen LogP contribution in [0.25, 0.3) is 0 Å². The van der Waals surface area contributed by atoms with Gasteiger partial charge in [-0.15, -0.1) is 0 Å². The Labute approximate surface area is 246 Å². The number of nitrogens with zero attached hydrogens (tertiary/aromatic N) is 1. The van der Waals surface area contributed by atoms with Crippen molar-refractivity contribution in [2.24, 2.45) is 5.92 Å². The van der Waals surface area contributed by atoms with Crippen LogP contribution in [0.3, 0.4) is 0 Å². The summed E-state index contributed by atoms with van der Waals surface area (Å²) in [5.74, 6) is 3.45. The van der Waals surface area contributed by atoms with E-state index < -0.39 is 0 Å². The van der Waals surface area contributed by atoms with Gasteiger partial charge in [-0.1, -0.05) is 43.5 Å². The average molecular weight is 557 g/mol. The summed E-state index contributed by atoms with van der Waals surface area (Å²) in [4.78, 5) is 2.50. The van der Waals surface area contributed by atoms with E-state index in [1.807, 2.05) is 12.1 Å². The molecule has 220 valence electrons. The third-order valence-electron chi connectivity index (χ3n) is 9.01. The molecule has 5 heteroatoms. The number of hydrogen-bond donors (Lipinski definition) is 2. The number of nitrogens with one attached hydrogen (secondary N) is 1. The van der Waals surface area contributed by atoms with E-state index in [0.717, 1.165) is 56.3 Å². The molecule has 0 saturated heterocycles. The maximum absolute atomic E-state index is 9.94. The van der Waals surface area contributed by atoms with Gasteiger partial charge in [-0.05, 0) is 117 Å². The van der Waals surface area contributed by atoms with Crippen LogP contribution in [0.4, 0.5) is 5.69 Å². The molecule has 5 rings (SSSR count). The number of rotatable bonds is 12. The maximum Gasteiger partial charge on any atom is 0.120 e. The molecule has 1 unspecified atom stereocenters. The van der Waals surface area contributed by atoms with Crippen LogP contribution in [0.1, 0.15) is 80.5 Å². The topological polar surface area (TPSA) is 54.0 Å². The summed E-state index contributed by atoms with van der Waals surface area (Å²) >= 11 is 0. The summed E-state index contributed by atoms with van der Waals surface area (Å²) in [5.41, 5.74) is 6.51. The molecular weight excluding hydrogens is 508 g/mol. The van der Waals surface area contributed by atoms with Crippen molar-refractivity contribution in [3.63, 3.8) is 0 Å². The molecule has 0 spiro atoms. The average Bonchev–Trinajstić information content (AvgIpc) is 3.00. The molecule has 2 N–H and O–H groups in total. The lowest BCUT2D eigenvalue weighted by Crippen LogP contribution is -2.31. The number of methoxy groups -OCH3 is 1. The third kappa shape index (κ3) is 7.77. The highest BCUT2D eigenvalue weighted by atomic mass is 16.5. The third-order valence-corrected chi connectivity index (χ3v) is 9.01. The molecule has 2 aliphatic carbocycles. The molecule has 5 nitrogen and oxygen atoms in total. The lowest BCUT2D eigenvalue weighted by atomic mass is 9.79. The molecular formula is C36H48N2O3. The number of ether oxygens (including phenoxy) is 2. The van der Waals surface area contributed by atoms with Gasteiger partial charge in [0.15, 0.2) is 0 Å². The molecule has 0 aromatic heterocycles. The Balaban J connectivity index is 1.23. The second-order valence-corrected chi connectivity index (χ2v) is 12.2. The molecule has 0 bridgehead atoms. The van der Waals surface area contributed by atoms with E-state index in [0.29, 0.717) is 24.3 Å². The largest absolute Gasteiger partial charge is 0.508 e. The SMILES string of the molecule is COc1ccc(C2CCc3cc(O)ccc3C2)c(N(Cc2ccc(OCCNCC3CCCCC3)cc2)C(C)C)c1. The van der Waals surface area contributed by atoms with Crippen LogP contribution in [0.5, 0.6) is 17.2 Å².